The van der Waals surface area contributed by atoms with E-state index in [2.05, 4.69) is 23.1 Å². The maximum Gasteiger partial charge on any atom is 0.226 e. The quantitative estimate of drug-likeness (QED) is 0.616. The van der Waals surface area contributed by atoms with Gasteiger partial charge in [-0.1, -0.05) is 54.6 Å². The lowest BCUT2D eigenvalue weighted by molar-refractivity contribution is -0.0526. The van der Waals surface area contributed by atoms with Crippen molar-refractivity contribution in [3.05, 3.63) is 77.9 Å². The number of para-hydroxylation sites is 1. The lowest BCUT2D eigenvalue weighted by Gasteiger charge is -2.44. The zero-order valence-corrected chi connectivity index (χ0v) is 14.7. The number of anilines is 1. The van der Waals surface area contributed by atoms with E-state index in [0.29, 0.717) is 5.56 Å². The number of nitrogens with zero attached hydrogens (tertiary/aromatic N) is 1. The van der Waals surface area contributed by atoms with Crippen LogP contribution in [0.15, 0.2) is 66.7 Å². The molecule has 0 bridgehead atoms. The Labute approximate surface area is 148 Å². The van der Waals surface area contributed by atoms with Gasteiger partial charge in [-0.25, -0.2) is 0 Å². The Morgan fingerprint density at radius 2 is 1.72 bits per heavy atom. The SMILES string of the molecule is CC1(C)C=CC(C(=O)c2ccccc2)(N2CCCc3ccccc32)O1. The largest absolute Gasteiger partial charge is 0.335 e. The first-order valence-electron chi connectivity index (χ1n) is 8.88. The van der Waals surface area contributed by atoms with Crippen LogP contribution in [0.2, 0.25) is 0 Å². The van der Waals surface area contributed by atoms with Crippen LogP contribution in [0, 0.1) is 0 Å². The fourth-order valence-electron chi connectivity index (χ4n) is 3.85. The van der Waals surface area contributed by atoms with Gasteiger partial charge in [0.05, 0.1) is 5.60 Å². The molecule has 2 aromatic carbocycles. The Morgan fingerprint density at radius 3 is 2.44 bits per heavy atom. The van der Waals surface area contributed by atoms with Gasteiger partial charge in [-0.3, -0.25) is 4.79 Å². The van der Waals surface area contributed by atoms with Gasteiger partial charge in [-0.15, -0.1) is 0 Å². The van der Waals surface area contributed by atoms with E-state index in [0.717, 1.165) is 25.1 Å². The summed E-state index contributed by atoms with van der Waals surface area (Å²) in [5, 5.41) is 0. The van der Waals surface area contributed by atoms with Gasteiger partial charge in [-0.2, -0.15) is 0 Å². The molecule has 0 aromatic heterocycles. The number of fused-ring (bicyclic) bond motifs is 1. The van der Waals surface area contributed by atoms with Gasteiger partial charge in [0.2, 0.25) is 11.5 Å². The van der Waals surface area contributed by atoms with E-state index >= 15 is 0 Å². The summed E-state index contributed by atoms with van der Waals surface area (Å²) in [4.78, 5) is 15.7. The molecule has 3 heteroatoms. The first-order chi connectivity index (χ1) is 12.0. The molecule has 1 atom stereocenters. The molecule has 0 radical (unpaired) electrons. The summed E-state index contributed by atoms with van der Waals surface area (Å²) in [7, 11) is 0. The Bertz CT molecular complexity index is 825. The molecule has 0 saturated heterocycles. The normalized spacial score (nSPS) is 24.2. The Morgan fingerprint density at radius 1 is 1.00 bits per heavy atom. The monoisotopic (exact) mass is 333 g/mol. The summed E-state index contributed by atoms with van der Waals surface area (Å²) < 4.78 is 6.41. The van der Waals surface area contributed by atoms with Crippen LogP contribution in [0.1, 0.15) is 36.2 Å². The molecule has 0 amide bonds. The summed E-state index contributed by atoms with van der Waals surface area (Å²) in [5.41, 5.74) is 1.49. The summed E-state index contributed by atoms with van der Waals surface area (Å²) in [6, 6.07) is 17.8. The topological polar surface area (TPSA) is 29.5 Å². The molecule has 0 spiro atoms. The highest BCUT2D eigenvalue weighted by atomic mass is 16.5. The van der Waals surface area contributed by atoms with Crippen molar-refractivity contribution in [3.8, 4) is 0 Å². The van der Waals surface area contributed by atoms with Gasteiger partial charge >= 0.3 is 0 Å². The molecule has 2 aromatic rings. The van der Waals surface area contributed by atoms with Crippen molar-refractivity contribution in [1.82, 2.24) is 0 Å². The highest BCUT2D eigenvalue weighted by molar-refractivity contribution is 6.06. The minimum atomic E-state index is -1.08. The molecule has 0 fully saturated rings. The molecule has 4 rings (SSSR count). The molecule has 2 heterocycles. The Balaban J connectivity index is 1.84. The number of Topliss-reactive ketones (excluding diaryl/α,β-unsaturated/α-hetero) is 1. The molecule has 0 N–H and O–H groups in total. The molecule has 2 aliphatic rings. The molecule has 25 heavy (non-hydrogen) atoms. The van der Waals surface area contributed by atoms with E-state index in [1.54, 1.807) is 0 Å². The first-order valence-corrected chi connectivity index (χ1v) is 8.88. The summed E-state index contributed by atoms with van der Waals surface area (Å²) in [6.45, 7) is 4.80. The van der Waals surface area contributed by atoms with Gasteiger partial charge in [0, 0.05) is 17.8 Å². The van der Waals surface area contributed by atoms with Gasteiger partial charge < -0.3 is 9.64 Å². The number of ether oxygens (including phenoxy) is 1. The van der Waals surface area contributed by atoms with Gasteiger partial charge in [0.15, 0.2) is 0 Å². The molecular weight excluding hydrogens is 310 g/mol. The third-order valence-electron chi connectivity index (χ3n) is 5.00. The zero-order chi connectivity index (χ0) is 17.5. The van der Waals surface area contributed by atoms with Crippen molar-refractivity contribution in [2.45, 2.75) is 38.0 Å². The van der Waals surface area contributed by atoms with Crippen molar-refractivity contribution < 1.29 is 9.53 Å². The summed E-state index contributed by atoms with van der Waals surface area (Å²) >= 11 is 0. The number of carbonyl (C=O) groups excluding carboxylic acids is 1. The second-order valence-corrected chi connectivity index (χ2v) is 7.31. The minimum absolute atomic E-state index is 0.00775. The van der Waals surface area contributed by atoms with Gasteiger partial charge in [-0.05, 0) is 44.4 Å². The number of rotatable bonds is 3. The molecule has 128 valence electrons. The third-order valence-corrected chi connectivity index (χ3v) is 5.00. The smallest absolute Gasteiger partial charge is 0.226 e. The number of carbonyl (C=O) groups is 1. The second-order valence-electron chi connectivity index (χ2n) is 7.31. The van der Waals surface area contributed by atoms with E-state index in [1.165, 1.54) is 5.56 Å². The van der Waals surface area contributed by atoms with Crippen molar-refractivity contribution in [2.75, 3.05) is 11.4 Å². The number of ketones is 1. The molecule has 1 unspecified atom stereocenters. The Kier molecular flexibility index (Phi) is 3.77. The third kappa shape index (κ3) is 2.69. The number of aryl methyl sites for hydroxylation is 1. The predicted octanol–water partition coefficient (Wildman–Crippen LogP) is 4.38. The predicted molar refractivity (Wildman–Crippen MR) is 99.9 cm³/mol. The van der Waals surface area contributed by atoms with Crippen LogP contribution in [0.25, 0.3) is 0 Å². The fraction of sp³-hybridized carbons (Fsp3) is 0.318. The molecule has 3 nitrogen and oxygen atoms in total. The highest BCUT2D eigenvalue weighted by Gasteiger charge is 2.51. The van der Waals surface area contributed by atoms with Crippen LogP contribution in [-0.2, 0) is 11.2 Å². The molecular formula is C22H23NO2. The molecule has 0 aliphatic carbocycles. The lowest BCUT2D eigenvalue weighted by Crippen LogP contribution is -2.57. The number of hydrogen-bond acceptors (Lipinski definition) is 3. The maximum atomic E-state index is 13.5. The average molecular weight is 333 g/mol. The second kappa shape index (κ2) is 5.85. The fourth-order valence-corrected chi connectivity index (χ4v) is 3.85. The zero-order valence-electron chi connectivity index (χ0n) is 14.7. The highest BCUT2D eigenvalue weighted by Crippen LogP contribution is 2.41. The van der Waals surface area contributed by atoms with Crippen LogP contribution in [0.5, 0.6) is 0 Å². The van der Waals surface area contributed by atoms with Crippen LogP contribution in [0.4, 0.5) is 5.69 Å². The number of benzene rings is 2. The summed E-state index contributed by atoms with van der Waals surface area (Å²) in [5.74, 6) is -0.00775. The van der Waals surface area contributed by atoms with E-state index < -0.39 is 11.3 Å². The lowest BCUT2D eigenvalue weighted by atomic mass is 9.93. The first kappa shape index (κ1) is 16.1. The van der Waals surface area contributed by atoms with E-state index in [1.807, 2.05) is 62.4 Å². The minimum Gasteiger partial charge on any atom is -0.335 e. The van der Waals surface area contributed by atoms with E-state index in [-0.39, 0.29) is 5.78 Å². The van der Waals surface area contributed by atoms with Crippen molar-refractivity contribution in [1.29, 1.82) is 0 Å². The van der Waals surface area contributed by atoms with E-state index in [9.17, 15) is 4.79 Å². The summed E-state index contributed by atoms with van der Waals surface area (Å²) in [6.07, 6.45) is 6.00. The van der Waals surface area contributed by atoms with Crippen LogP contribution in [0.3, 0.4) is 0 Å². The van der Waals surface area contributed by atoms with Crippen molar-refractivity contribution >= 4 is 11.5 Å². The van der Waals surface area contributed by atoms with Crippen LogP contribution >= 0.6 is 0 Å². The van der Waals surface area contributed by atoms with Gasteiger partial charge in [0.25, 0.3) is 0 Å². The van der Waals surface area contributed by atoms with Crippen LogP contribution in [-0.4, -0.2) is 23.7 Å². The van der Waals surface area contributed by atoms with E-state index in [4.69, 9.17) is 4.74 Å². The maximum absolute atomic E-state index is 13.5. The average Bonchev–Trinajstić information content (AvgIpc) is 2.98. The standard InChI is InChI=1S/C22H23NO2/c1-21(2)14-15-22(25-21,20(24)18-10-4-3-5-11-18)23-16-8-12-17-9-6-7-13-19(17)23/h3-7,9-11,13-15H,8,12,16H2,1-2H3. The molecule has 2 aliphatic heterocycles. The van der Waals surface area contributed by atoms with Crippen LogP contribution < -0.4 is 4.90 Å². The van der Waals surface area contributed by atoms with Crippen molar-refractivity contribution in [3.63, 3.8) is 0 Å². The number of hydrogen-bond donors (Lipinski definition) is 0. The Hall–Kier alpha value is -2.39. The van der Waals surface area contributed by atoms with Gasteiger partial charge in [0.1, 0.15) is 0 Å². The van der Waals surface area contributed by atoms with Crippen molar-refractivity contribution in [2.24, 2.45) is 0 Å². The molecule has 0 saturated carbocycles.